The first-order valence-electron chi connectivity index (χ1n) is 7.27. The van der Waals surface area contributed by atoms with Crippen molar-refractivity contribution in [1.82, 2.24) is 9.88 Å². The van der Waals surface area contributed by atoms with E-state index in [1.807, 2.05) is 0 Å². The van der Waals surface area contributed by atoms with Crippen LogP contribution in [0.3, 0.4) is 0 Å². The van der Waals surface area contributed by atoms with Crippen LogP contribution < -0.4 is 5.32 Å². The largest absolute Gasteiger partial charge is 0.385 e. The molecule has 0 fully saturated rings. The summed E-state index contributed by atoms with van der Waals surface area (Å²) in [6.45, 7) is 8.58. The first-order chi connectivity index (χ1) is 9.31. The van der Waals surface area contributed by atoms with E-state index in [2.05, 4.69) is 42.2 Å². The van der Waals surface area contributed by atoms with Crippen molar-refractivity contribution in [1.29, 1.82) is 0 Å². The van der Waals surface area contributed by atoms with Crippen LogP contribution in [-0.2, 0) is 16.0 Å². The molecule has 0 aliphatic rings. The topological polar surface area (TPSA) is 35.4 Å². The fourth-order valence-electron chi connectivity index (χ4n) is 2.13. The molecule has 1 N–H and O–H groups in total. The molecule has 0 aliphatic carbocycles. The van der Waals surface area contributed by atoms with Gasteiger partial charge in [0, 0.05) is 45.3 Å². The van der Waals surface area contributed by atoms with E-state index in [-0.39, 0.29) is 0 Å². The minimum absolute atomic E-state index is 0.467. The van der Waals surface area contributed by atoms with Gasteiger partial charge in [0.15, 0.2) is 0 Å². The molecule has 110 valence electrons. The summed E-state index contributed by atoms with van der Waals surface area (Å²) in [6.07, 6.45) is 6.43. The lowest BCUT2D eigenvalue weighted by atomic mass is 10.1. The fraction of sp³-hybridized carbons (Fsp3) is 0.733. The third kappa shape index (κ3) is 6.23. The van der Waals surface area contributed by atoms with Crippen LogP contribution in [-0.4, -0.2) is 38.0 Å². The quantitative estimate of drug-likeness (QED) is 0.627. The molecular weight excluding hydrogens is 240 g/mol. The fourth-order valence-corrected chi connectivity index (χ4v) is 2.13. The molecule has 4 heteroatoms. The van der Waals surface area contributed by atoms with Crippen LogP contribution >= 0.6 is 0 Å². The third-order valence-electron chi connectivity index (χ3n) is 3.17. The zero-order valence-corrected chi connectivity index (χ0v) is 12.5. The highest BCUT2D eigenvalue weighted by atomic mass is 16.5. The summed E-state index contributed by atoms with van der Waals surface area (Å²) in [5, 5.41) is 3.49. The van der Waals surface area contributed by atoms with Crippen molar-refractivity contribution in [2.45, 2.75) is 39.3 Å². The van der Waals surface area contributed by atoms with E-state index in [0.29, 0.717) is 6.04 Å². The van der Waals surface area contributed by atoms with Gasteiger partial charge < -0.3 is 19.4 Å². The van der Waals surface area contributed by atoms with Crippen LogP contribution in [0, 0.1) is 0 Å². The number of hydrogen-bond donors (Lipinski definition) is 1. The minimum Gasteiger partial charge on any atom is -0.385 e. The third-order valence-corrected chi connectivity index (χ3v) is 3.17. The molecule has 0 aromatic carbocycles. The Morgan fingerprint density at radius 2 is 2.11 bits per heavy atom. The Hall–Kier alpha value is -0.840. The molecule has 0 radical (unpaired) electrons. The second-order valence-corrected chi connectivity index (χ2v) is 4.66. The van der Waals surface area contributed by atoms with Crippen LogP contribution in [0.5, 0.6) is 0 Å². The summed E-state index contributed by atoms with van der Waals surface area (Å²) in [4.78, 5) is 0. The second-order valence-electron chi connectivity index (χ2n) is 4.66. The van der Waals surface area contributed by atoms with Crippen molar-refractivity contribution in [3.8, 4) is 0 Å². The predicted octanol–water partition coefficient (Wildman–Crippen LogP) is 2.60. The van der Waals surface area contributed by atoms with Crippen molar-refractivity contribution in [3.05, 3.63) is 24.0 Å². The highest BCUT2D eigenvalue weighted by molar-refractivity contribution is 5.15. The van der Waals surface area contributed by atoms with Gasteiger partial charge in [-0.3, -0.25) is 0 Å². The molecule has 0 amide bonds. The SMILES string of the molecule is CCNC(CC)c1ccn(CCOCCCOC)c1. The predicted molar refractivity (Wildman–Crippen MR) is 78.5 cm³/mol. The van der Waals surface area contributed by atoms with Crippen molar-refractivity contribution in [2.75, 3.05) is 33.5 Å². The van der Waals surface area contributed by atoms with E-state index in [4.69, 9.17) is 9.47 Å². The van der Waals surface area contributed by atoms with Gasteiger partial charge in [-0.15, -0.1) is 0 Å². The van der Waals surface area contributed by atoms with Crippen molar-refractivity contribution in [2.24, 2.45) is 0 Å². The molecule has 0 spiro atoms. The number of nitrogens with zero attached hydrogens (tertiary/aromatic N) is 1. The second kappa shape index (κ2) is 10.0. The summed E-state index contributed by atoms with van der Waals surface area (Å²) in [5.74, 6) is 0. The van der Waals surface area contributed by atoms with Gasteiger partial charge in [0.05, 0.1) is 6.61 Å². The minimum atomic E-state index is 0.467. The summed E-state index contributed by atoms with van der Waals surface area (Å²) >= 11 is 0. The average Bonchev–Trinajstić information content (AvgIpc) is 2.88. The van der Waals surface area contributed by atoms with E-state index in [1.165, 1.54) is 5.56 Å². The van der Waals surface area contributed by atoms with Crippen molar-refractivity contribution in [3.63, 3.8) is 0 Å². The Morgan fingerprint density at radius 1 is 1.26 bits per heavy atom. The highest BCUT2D eigenvalue weighted by Gasteiger charge is 2.08. The van der Waals surface area contributed by atoms with E-state index in [1.54, 1.807) is 7.11 Å². The number of hydrogen-bond acceptors (Lipinski definition) is 3. The lowest BCUT2D eigenvalue weighted by Gasteiger charge is -2.14. The van der Waals surface area contributed by atoms with Gasteiger partial charge >= 0.3 is 0 Å². The smallest absolute Gasteiger partial charge is 0.0645 e. The molecule has 1 aromatic heterocycles. The molecule has 1 atom stereocenters. The van der Waals surface area contributed by atoms with Gasteiger partial charge in [-0.2, -0.15) is 0 Å². The number of ether oxygens (including phenoxy) is 2. The first-order valence-corrected chi connectivity index (χ1v) is 7.27. The van der Waals surface area contributed by atoms with Crippen LogP contribution in [0.15, 0.2) is 18.5 Å². The molecule has 0 aliphatic heterocycles. The van der Waals surface area contributed by atoms with Crippen LogP contribution in [0.25, 0.3) is 0 Å². The zero-order chi connectivity index (χ0) is 13.9. The molecule has 1 heterocycles. The van der Waals surface area contributed by atoms with Crippen LogP contribution in [0.1, 0.15) is 38.3 Å². The van der Waals surface area contributed by atoms with Crippen molar-refractivity contribution >= 4 is 0 Å². The first kappa shape index (κ1) is 16.2. The maximum absolute atomic E-state index is 5.57. The van der Waals surface area contributed by atoms with Gasteiger partial charge in [-0.05, 0) is 31.0 Å². The summed E-state index contributed by atoms with van der Waals surface area (Å²) in [5.41, 5.74) is 1.36. The number of rotatable bonds is 11. The van der Waals surface area contributed by atoms with Gasteiger partial charge in [0.1, 0.15) is 0 Å². The Kier molecular flexibility index (Phi) is 8.54. The zero-order valence-electron chi connectivity index (χ0n) is 12.5. The summed E-state index contributed by atoms with van der Waals surface area (Å²) < 4.78 is 12.7. The van der Waals surface area contributed by atoms with E-state index in [9.17, 15) is 0 Å². The maximum atomic E-state index is 5.57. The Morgan fingerprint density at radius 3 is 2.79 bits per heavy atom. The molecule has 0 saturated heterocycles. The van der Waals surface area contributed by atoms with Gasteiger partial charge in [-0.25, -0.2) is 0 Å². The van der Waals surface area contributed by atoms with E-state index in [0.717, 1.165) is 45.8 Å². The monoisotopic (exact) mass is 268 g/mol. The average molecular weight is 268 g/mol. The number of nitrogens with one attached hydrogen (secondary N) is 1. The number of methoxy groups -OCH3 is 1. The normalized spacial score (nSPS) is 12.8. The Bertz CT molecular complexity index is 326. The Labute approximate surface area is 117 Å². The van der Waals surface area contributed by atoms with Crippen molar-refractivity contribution < 1.29 is 9.47 Å². The van der Waals surface area contributed by atoms with E-state index < -0.39 is 0 Å². The molecule has 1 rings (SSSR count). The lowest BCUT2D eigenvalue weighted by molar-refractivity contribution is 0.0977. The molecule has 4 nitrogen and oxygen atoms in total. The molecule has 1 unspecified atom stereocenters. The van der Waals surface area contributed by atoms with Crippen LogP contribution in [0.4, 0.5) is 0 Å². The molecule has 0 bridgehead atoms. The maximum Gasteiger partial charge on any atom is 0.0645 e. The van der Waals surface area contributed by atoms with Gasteiger partial charge in [0.25, 0.3) is 0 Å². The van der Waals surface area contributed by atoms with Crippen LogP contribution in [0.2, 0.25) is 0 Å². The summed E-state index contributed by atoms with van der Waals surface area (Å²) in [6, 6.07) is 2.66. The molecular formula is C15H28N2O2. The Balaban J connectivity index is 2.26. The molecule has 0 saturated carbocycles. The van der Waals surface area contributed by atoms with Gasteiger partial charge in [-0.1, -0.05) is 13.8 Å². The van der Waals surface area contributed by atoms with Gasteiger partial charge in [0.2, 0.25) is 0 Å². The molecule has 19 heavy (non-hydrogen) atoms. The lowest BCUT2D eigenvalue weighted by Crippen LogP contribution is -2.19. The summed E-state index contributed by atoms with van der Waals surface area (Å²) in [7, 11) is 1.72. The number of aromatic nitrogens is 1. The standard InChI is InChI=1S/C15H28N2O2/c1-4-15(16-5-2)14-7-8-17(13-14)9-12-19-11-6-10-18-3/h7-8,13,15-16H,4-6,9-12H2,1-3H3. The molecule has 1 aromatic rings. The van der Waals surface area contributed by atoms with E-state index >= 15 is 0 Å². The highest BCUT2D eigenvalue weighted by Crippen LogP contribution is 2.16.